The van der Waals surface area contributed by atoms with E-state index in [2.05, 4.69) is 51.3 Å². The Morgan fingerprint density at radius 1 is 1.50 bits per heavy atom. The molecule has 0 heterocycles. The van der Waals surface area contributed by atoms with Crippen LogP contribution in [0.25, 0.3) is 0 Å². The van der Waals surface area contributed by atoms with Crippen LogP contribution in [-0.2, 0) is 0 Å². The molecule has 8 heavy (non-hydrogen) atoms. The molecule has 0 aliphatic carbocycles. The van der Waals surface area contributed by atoms with Gasteiger partial charge in [-0.2, -0.15) is 0 Å². The first-order valence-corrected chi connectivity index (χ1v) is 5.03. The number of hydrogen-bond acceptors (Lipinski definition) is 0. The van der Waals surface area contributed by atoms with Crippen molar-refractivity contribution in [1.29, 1.82) is 0 Å². The van der Waals surface area contributed by atoms with Gasteiger partial charge in [0, 0.05) is 7.47 Å². The molecule has 0 aliphatic rings. The average Bonchev–Trinajstić information content (AvgIpc) is 1.66. The Labute approximate surface area is 82.3 Å². The van der Waals surface area contributed by atoms with Crippen molar-refractivity contribution in [3.8, 4) is 0 Å². The van der Waals surface area contributed by atoms with Gasteiger partial charge in [-0.1, -0.05) is 6.08 Å². The number of halogens is 3. The second-order valence-corrected chi connectivity index (χ2v) is 6.09. The van der Waals surface area contributed by atoms with Gasteiger partial charge in [0.2, 0.25) is 0 Å². The highest BCUT2D eigenvalue weighted by atomic mass is 127. The van der Waals surface area contributed by atoms with E-state index in [0.717, 1.165) is 18.7 Å². The van der Waals surface area contributed by atoms with Gasteiger partial charge in [0.15, 0.2) is 0 Å². The number of unbranched alkanes of at least 4 members (excludes halogenated alkanes) is 1. The van der Waals surface area contributed by atoms with Crippen molar-refractivity contribution in [2.75, 3.05) is 5.88 Å². The van der Waals surface area contributed by atoms with Crippen LogP contribution in [0.4, 0.5) is 0 Å². The van der Waals surface area contributed by atoms with Crippen LogP contribution in [-0.4, -0.2) is 5.88 Å². The molecule has 0 bridgehead atoms. The van der Waals surface area contributed by atoms with Gasteiger partial charge < -0.3 is 0 Å². The third kappa shape index (κ3) is 7.49. The first-order valence-electron chi connectivity index (χ1n) is 2.34. The lowest BCUT2D eigenvalue weighted by atomic mass is 10.3. The fraction of sp³-hybridized carbons (Fsp3) is 0.600. The van der Waals surface area contributed by atoms with Crippen LogP contribution in [0.3, 0.4) is 0 Å². The Morgan fingerprint density at radius 3 is 2.50 bits per heavy atom. The lowest BCUT2D eigenvalue weighted by Crippen LogP contribution is -1.69. The topological polar surface area (TPSA) is 0 Å². The van der Waals surface area contributed by atoms with E-state index in [1.54, 1.807) is 0 Å². The maximum Gasteiger partial charge on any atom is 0.0474 e. The molecule has 0 aromatic carbocycles. The SMILES string of the molecule is ClCCCC=C(I)I. The van der Waals surface area contributed by atoms with Crippen molar-refractivity contribution < 1.29 is 0 Å². The largest absolute Gasteiger partial charge is 0.127 e. The molecule has 48 valence electrons. The summed E-state index contributed by atoms with van der Waals surface area (Å²) in [5.74, 6) is 0.775. The third-order valence-electron chi connectivity index (χ3n) is 0.636. The van der Waals surface area contributed by atoms with Crippen molar-refractivity contribution in [3.63, 3.8) is 0 Å². The summed E-state index contributed by atoms with van der Waals surface area (Å²) in [6, 6.07) is 0. The van der Waals surface area contributed by atoms with Gasteiger partial charge in [0.1, 0.15) is 0 Å². The van der Waals surface area contributed by atoms with E-state index < -0.39 is 0 Å². The zero-order chi connectivity index (χ0) is 6.41. The molecule has 0 aromatic heterocycles. The third-order valence-corrected chi connectivity index (χ3v) is 1.78. The summed E-state index contributed by atoms with van der Waals surface area (Å²) in [5, 5.41) is 0. The second-order valence-electron chi connectivity index (χ2n) is 1.32. The molecule has 3 heteroatoms. The molecule has 0 fully saturated rings. The fourth-order valence-corrected chi connectivity index (χ4v) is 1.07. The van der Waals surface area contributed by atoms with Crippen molar-refractivity contribution >= 4 is 56.8 Å². The van der Waals surface area contributed by atoms with E-state index in [4.69, 9.17) is 11.6 Å². The predicted molar refractivity (Wildman–Crippen MR) is 56.1 cm³/mol. The number of alkyl halides is 1. The predicted octanol–water partition coefficient (Wildman–Crippen LogP) is 3.72. The number of rotatable bonds is 3. The van der Waals surface area contributed by atoms with Gasteiger partial charge in [0.25, 0.3) is 0 Å². The van der Waals surface area contributed by atoms with Crippen molar-refractivity contribution in [3.05, 3.63) is 7.66 Å². The maximum atomic E-state index is 5.45. The Kier molecular flexibility index (Phi) is 7.84. The normalized spacial score (nSPS) is 8.88. The summed E-state index contributed by atoms with van der Waals surface area (Å²) in [6.07, 6.45) is 4.39. The quantitative estimate of drug-likeness (QED) is 0.411. The van der Waals surface area contributed by atoms with E-state index in [1.807, 2.05) is 0 Å². The highest BCUT2D eigenvalue weighted by Crippen LogP contribution is 2.15. The van der Waals surface area contributed by atoms with Gasteiger partial charge in [-0.05, 0) is 58.0 Å². The lowest BCUT2D eigenvalue weighted by Gasteiger charge is -1.85. The first kappa shape index (κ1) is 9.49. The molecule has 0 atom stereocenters. The van der Waals surface area contributed by atoms with Gasteiger partial charge in [-0.25, -0.2) is 0 Å². The minimum Gasteiger partial charge on any atom is -0.127 e. The van der Waals surface area contributed by atoms with Gasteiger partial charge in [-0.3, -0.25) is 0 Å². The molecule has 0 spiro atoms. The summed E-state index contributed by atoms with van der Waals surface area (Å²) < 4.78 is 1.32. The van der Waals surface area contributed by atoms with Crippen LogP contribution in [0.15, 0.2) is 7.66 Å². The minimum absolute atomic E-state index is 0.775. The van der Waals surface area contributed by atoms with E-state index in [-0.39, 0.29) is 0 Å². The number of hydrogen-bond donors (Lipinski definition) is 0. The number of allylic oxidation sites excluding steroid dienone is 1. The molecule has 0 saturated carbocycles. The Hall–Kier alpha value is 1.49. The fourth-order valence-electron chi connectivity index (χ4n) is 0.288. The first-order chi connectivity index (χ1) is 3.77. The van der Waals surface area contributed by atoms with Gasteiger partial charge in [-0.15, -0.1) is 11.6 Å². The van der Waals surface area contributed by atoms with E-state index in [9.17, 15) is 0 Å². The Balaban J connectivity index is 3.03. The minimum atomic E-state index is 0.775. The van der Waals surface area contributed by atoms with Crippen molar-refractivity contribution in [1.82, 2.24) is 0 Å². The summed E-state index contributed by atoms with van der Waals surface area (Å²) in [4.78, 5) is 0. The highest BCUT2D eigenvalue weighted by molar-refractivity contribution is 14.2. The van der Waals surface area contributed by atoms with E-state index in [0.29, 0.717) is 0 Å². The molecule has 0 N–H and O–H groups in total. The molecule has 0 saturated heterocycles. The molecule has 0 radical (unpaired) electrons. The molecule has 0 rings (SSSR count). The van der Waals surface area contributed by atoms with Gasteiger partial charge in [0.05, 0.1) is 0 Å². The molecule has 0 amide bonds. The highest BCUT2D eigenvalue weighted by Gasteiger charge is 1.81. The van der Waals surface area contributed by atoms with Gasteiger partial charge >= 0.3 is 0 Å². The summed E-state index contributed by atoms with van der Waals surface area (Å²) >= 11 is 10.0. The average molecular weight is 356 g/mol. The monoisotopic (exact) mass is 356 g/mol. The summed E-state index contributed by atoms with van der Waals surface area (Å²) in [5.41, 5.74) is 0. The van der Waals surface area contributed by atoms with Crippen molar-refractivity contribution in [2.45, 2.75) is 12.8 Å². The lowest BCUT2D eigenvalue weighted by molar-refractivity contribution is 0.968. The Morgan fingerprint density at radius 2 is 2.12 bits per heavy atom. The van der Waals surface area contributed by atoms with Crippen molar-refractivity contribution in [2.24, 2.45) is 0 Å². The standard InChI is InChI=1S/C5H7ClI2/c6-4-2-1-3-5(7)8/h3H,1-2,4H2. The molecule has 0 aromatic rings. The van der Waals surface area contributed by atoms with Crippen LogP contribution < -0.4 is 0 Å². The zero-order valence-corrected chi connectivity index (χ0v) is 9.40. The summed E-state index contributed by atoms with van der Waals surface area (Å²) in [6.45, 7) is 0. The molecule has 0 aliphatic heterocycles. The molecular weight excluding hydrogens is 349 g/mol. The van der Waals surface area contributed by atoms with Crippen LogP contribution >= 0.6 is 56.8 Å². The Bertz CT molecular complexity index is 76.5. The van der Waals surface area contributed by atoms with E-state index >= 15 is 0 Å². The molecule has 0 nitrogen and oxygen atoms in total. The molecule has 0 unspecified atom stereocenters. The second kappa shape index (κ2) is 6.61. The van der Waals surface area contributed by atoms with Crippen LogP contribution in [0, 0.1) is 0 Å². The summed E-state index contributed by atoms with van der Waals surface area (Å²) in [7, 11) is 0. The smallest absolute Gasteiger partial charge is 0.0474 e. The maximum absolute atomic E-state index is 5.45. The van der Waals surface area contributed by atoms with Crippen LogP contribution in [0.5, 0.6) is 0 Å². The van der Waals surface area contributed by atoms with E-state index in [1.165, 1.54) is 1.59 Å². The molecular formula is C5H7ClI2. The van der Waals surface area contributed by atoms with Crippen LogP contribution in [0.2, 0.25) is 0 Å². The van der Waals surface area contributed by atoms with Crippen LogP contribution in [0.1, 0.15) is 12.8 Å². The zero-order valence-electron chi connectivity index (χ0n) is 4.33.